The van der Waals surface area contributed by atoms with Gasteiger partial charge >= 0.3 is 12.1 Å². The fraction of sp³-hybridized carbons (Fsp3) is 0.364. The molecule has 1 unspecified atom stereocenters. The summed E-state index contributed by atoms with van der Waals surface area (Å²) in [6.07, 6.45) is -6.38. The van der Waals surface area contributed by atoms with E-state index in [0.29, 0.717) is 5.56 Å². The largest absolute Gasteiger partial charge is 0.481 e. The molecular formula is C11H11F3O3. The lowest BCUT2D eigenvalue weighted by molar-refractivity contribution is -0.189. The number of hydrogen-bond donors (Lipinski definition) is 1. The summed E-state index contributed by atoms with van der Waals surface area (Å²) >= 11 is 0. The molecule has 1 aromatic rings. The van der Waals surface area contributed by atoms with Gasteiger partial charge in [-0.1, -0.05) is 0 Å². The van der Waals surface area contributed by atoms with Gasteiger partial charge in [0.1, 0.15) is 5.75 Å². The van der Waals surface area contributed by atoms with Gasteiger partial charge in [-0.2, -0.15) is 13.2 Å². The normalized spacial score (nSPS) is 13.2. The van der Waals surface area contributed by atoms with E-state index >= 15 is 0 Å². The van der Waals surface area contributed by atoms with Gasteiger partial charge in [0.25, 0.3) is 0 Å². The highest BCUT2D eigenvalue weighted by Crippen LogP contribution is 2.26. The molecule has 17 heavy (non-hydrogen) atoms. The van der Waals surface area contributed by atoms with Gasteiger partial charge in [-0.15, -0.1) is 0 Å². The molecule has 0 amide bonds. The zero-order chi connectivity index (χ0) is 13.2. The number of carbonyl (C=O) groups is 1. The third-order valence-electron chi connectivity index (χ3n) is 2.20. The van der Waals surface area contributed by atoms with E-state index in [1.165, 1.54) is 25.1 Å². The first-order chi connectivity index (χ1) is 7.71. The maximum Gasteiger partial charge on any atom is 0.425 e. The Morgan fingerprint density at radius 1 is 1.41 bits per heavy atom. The first-order valence-electron chi connectivity index (χ1n) is 4.79. The summed E-state index contributed by atoms with van der Waals surface area (Å²) in [5, 5.41) is 8.75. The molecule has 0 fully saturated rings. The lowest BCUT2D eigenvalue weighted by Crippen LogP contribution is -2.31. The number of halogens is 3. The summed E-state index contributed by atoms with van der Waals surface area (Å²) in [7, 11) is 0. The second-order valence-corrected chi connectivity index (χ2v) is 3.58. The lowest BCUT2D eigenvalue weighted by atomic mass is 10.1. The van der Waals surface area contributed by atoms with E-state index in [4.69, 9.17) is 5.11 Å². The number of carboxylic acid groups (broad SMARTS) is 1. The van der Waals surface area contributed by atoms with Crippen LogP contribution in [0, 0.1) is 6.92 Å². The Labute approximate surface area is 95.8 Å². The number of aryl methyl sites for hydroxylation is 1. The van der Waals surface area contributed by atoms with Crippen molar-refractivity contribution in [2.75, 3.05) is 0 Å². The second-order valence-electron chi connectivity index (χ2n) is 3.58. The van der Waals surface area contributed by atoms with Gasteiger partial charge in [0.05, 0.1) is 5.56 Å². The Bertz CT molecular complexity index is 426. The zero-order valence-corrected chi connectivity index (χ0v) is 9.21. The number of rotatable bonds is 3. The fourth-order valence-electron chi connectivity index (χ4n) is 1.22. The van der Waals surface area contributed by atoms with E-state index in [9.17, 15) is 18.0 Å². The SMILES string of the molecule is Cc1cc(OC(C)C(F)(F)F)ccc1C(=O)O. The first kappa shape index (κ1) is 13.3. The van der Waals surface area contributed by atoms with Crippen molar-refractivity contribution in [1.82, 2.24) is 0 Å². The van der Waals surface area contributed by atoms with Crippen LogP contribution in [-0.2, 0) is 0 Å². The van der Waals surface area contributed by atoms with Crippen molar-refractivity contribution in [3.63, 3.8) is 0 Å². The van der Waals surface area contributed by atoms with Crippen molar-refractivity contribution in [3.05, 3.63) is 29.3 Å². The number of benzene rings is 1. The Kier molecular flexibility index (Phi) is 3.65. The third kappa shape index (κ3) is 3.37. The Balaban J connectivity index is 2.88. The Morgan fingerprint density at radius 3 is 2.41 bits per heavy atom. The molecule has 1 N–H and O–H groups in total. The van der Waals surface area contributed by atoms with Gasteiger partial charge in [-0.25, -0.2) is 4.79 Å². The van der Waals surface area contributed by atoms with Crippen LogP contribution in [-0.4, -0.2) is 23.4 Å². The highest BCUT2D eigenvalue weighted by atomic mass is 19.4. The molecule has 3 nitrogen and oxygen atoms in total. The molecule has 0 saturated carbocycles. The van der Waals surface area contributed by atoms with Crippen LogP contribution in [0.4, 0.5) is 13.2 Å². The molecule has 0 aliphatic rings. The first-order valence-corrected chi connectivity index (χ1v) is 4.79. The van der Waals surface area contributed by atoms with E-state index in [1.807, 2.05) is 0 Å². The van der Waals surface area contributed by atoms with Crippen LogP contribution in [0.1, 0.15) is 22.8 Å². The molecule has 0 aromatic heterocycles. The van der Waals surface area contributed by atoms with E-state index in [2.05, 4.69) is 4.74 Å². The van der Waals surface area contributed by atoms with Gasteiger partial charge in [-0.05, 0) is 37.6 Å². The molecule has 0 aliphatic carbocycles. The van der Waals surface area contributed by atoms with E-state index in [1.54, 1.807) is 0 Å². The van der Waals surface area contributed by atoms with Gasteiger partial charge in [-0.3, -0.25) is 0 Å². The molecule has 0 spiro atoms. The van der Waals surface area contributed by atoms with Crippen molar-refractivity contribution in [2.45, 2.75) is 26.1 Å². The molecule has 94 valence electrons. The van der Waals surface area contributed by atoms with Crippen molar-refractivity contribution >= 4 is 5.97 Å². The smallest absolute Gasteiger partial charge is 0.425 e. The van der Waals surface area contributed by atoms with Crippen molar-refractivity contribution in [2.24, 2.45) is 0 Å². The highest BCUT2D eigenvalue weighted by molar-refractivity contribution is 5.89. The van der Waals surface area contributed by atoms with Crippen molar-refractivity contribution < 1.29 is 27.8 Å². The summed E-state index contributed by atoms with van der Waals surface area (Å²) in [6.45, 7) is 2.38. The number of ether oxygens (including phenoxy) is 1. The summed E-state index contributed by atoms with van der Waals surface area (Å²) in [5.74, 6) is -1.13. The molecule has 0 aliphatic heterocycles. The Morgan fingerprint density at radius 2 is 2.00 bits per heavy atom. The Hall–Kier alpha value is -1.72. The topological polar surface area (TPSA) is 46.5 Å². The number of alkyl halides is 3. The van der Waals surface area contributed by atoms with Gasteiger partial charge in [0, 0.05) is 0 Å². The van der Waals surface area contributed by atoms with Crippen LogP contribution in [0.5, 0.6) is 5.75 Å². The number of hydrogen-bond acceptors (Lipinski definition) is 2. The van der Waals surface area contributed by atoms with Crippen LogP contribution < -0.4 is 4.74 Å². The minimum atomic E-state index is -4.45. The minimum Gasteiger partial charge on any atom is -0.481 e. The molecule has 0 radical (unpaired) electrons. The highest BCUT2D eigenvalue weighted by Gasteiger charge is 2.38. The maximum atomic E-state index is 12.2. The minimum absolute atomic E-state index is 0.00248. The van der Waals surface area contributed by atoms with Crippen LogP contribution >= 0.6 is 0 Å². The number of carboxylic acids is 1. The molecule has 1 rings (SSSR count). The molecule has 0 saturated heterocycles. The van der Waals surface area contributed by atoms with Crippen LogP contribution in [0.25, 0.3) is 0 Å². The van der Waals surface area contributed by atoms with Gasteiger partial charge in [0.15, 0.2) is 6.10 Å². The predicted molar refractivity (Wildman–Crippen MR) is 54.3 cm³/mol. The van der Waals surface area contributed by atoms with E-state index < -0.39 is 18.2 Å². The second kappa shape index (κ2) is 4.65. The van der Waals surface area contributed by atoms with Crippen LogP contribution in [0.3, 0.4) is 0 Å². The van der Waals surface area contributed by atoms with Crippen molar-refractivity contribution in [1.29, 1.82) is 0 Å². The third-order valence-corrected chi connectivity index (χ3v) is 2.20. The van der Waals surface area contributed by atoms with Crippen molar-refractivity contribution in [3.8, 4) is 5.75 Å². The molecule has 6 heteroatoms. The monoisotopic (exact) mass is 248 g/mol. The van der Waals surface area contributed by atoms with Crippen LogP contribution in [0.2, 0.25) is 0 Å². The standard InChI is InChI=1S/C11H11F3O3/c1-6-5-8(3-4-9(6)10(15)16)17-7(2)11(12,13)14/h3-5,7H,1-2H3,(H,15,16). The predicted octanol–water partition coefficient (Wildman–Crippen LogP) is 3.02. The molecule has 0 bridgehead atoms. The van der Waals surface area contributed by atoms with E-state index in [0.717, 1.165) is 6.92 Å². The number of aromatic carboxylic acids is 1. The van der Waals surface area contributed by atoms with Gasteiger partial charge in [0.2, 0.25) is 0 Å². The summed E-state index contributed by atoms with van der Waals surface area (Å²) in [4.78, 5) is 10.7. The summed E-state index contributed by atoms with van der Waals surface area (Å²) < 4.78 is 41.3. The quantitative estimate of drug-likeness (QED) is 0.894. The maximum absolute atomic E-state index is 12.2. The molecule has 1 atom stereocenters. The summed E-state index contributed by atoms with van der Waals surface area (Å²) in [5.41, 5.74) is 0.390. The molecule has 0 heterocycles. The fourth-order valence-corrected chi connectivity index (χ4v) is 1.22. The molecular weight excluding hydrogens is 237 g/mol. The van der Waals surface area contributed by atoms with Crippen LogP contribution in [0.15, 0.2) is 18.2 Å². The van der Waals surface area contributed by atoms with E-state index in [-0.39, 0.29) is 11.3 Å². The zero-order valence-electron chi connectivity index (χ0n) is 9.21. The average Bonchev–Trinajstić information content (AvgIpc) is 2.15. The summed E-state index contributed by atoms with van der Waals surface area (Å²) in [6, 6.07) is 3.69. The molecule has 1 aromatic carbocycles. The lowest BCUT2D eigenvalue weighted by Gasteiger charge is -2.18. The average molecular weight is 248 g/mol. The van der Waals surface area contributed by atoms with Gasteiger partial charge < -0.3 is 9.84 Å².